The molecule has 0 aromatic carbocycles. The number of rotatable bonds is 26. The zero-order valence-electron chi connectivity index (χ0n) is 32.9. The molecule has 0 radical (unpaired) electrons. The average molecular weight is 778 g/mol. The van der Waals surface area contributed by atoms with Crippen LogP contribution in [-0.4, -0.2) is 97.2 Å². The first-order valence-corrected chi connectivity index (χ1v) is 18.8. The molecular formula is C36H63N11O8. The zero-order valence-corrected chi connectivity index (χ0v) is 32.9. The summed E-state index contributed by atoms with van der Waals surface area (Å²) < 4.78 is 5.14. The molecule has 7 amide bonds. The van der Waals surface area contributed by atoms with E-state index in [4.69, 9.17) is 27.4 Å². The Hall–Kier alpha value is -5.20. The van der Waals surface area contributed by atoms with E-state index in [1.54, 1.807) is 13.0 Å². The third-order valence-electron chi connectivity index (χ3n) is 8.58. The number of primary amides is 1. The summed E-state index contributed by atoms with van der Waals surface area (Å²) in [5.74, 6) is -5.15. The molecule has 0 spiro atoms. The van der Waals surface area contributed by atoms with Crippen molar-refractivity contribution in [3.05, 3.63) is 24.2 Å². The van der Waals surface area contributed by atoms with Gasteiger partial charge in [-0.15, -0.1) is 0 Å². The largest absolute Gasteiger partial charge is 0.459 e. The van der Waals surface area contributed by atoms with E-state index in [1.807, 2.05) is 34.6 Å². The Morgan fingerprint density at radius 3 is 1.82 bits per heavy atom. The van der Waals surface area contributed by atoms with Crippen molar-refractivity contribution < 1.29 is 38.0 Å². The summed E-state index contributed by atoms with van der Waals surface area (Å²) in [7, 11) is 0. The lowest BCUT2D eigenvalue weighted by molar-refractivity contribution is -0.134. The Morgan fingerprint density at radius 2 is 1.29 bits per heavy atom. The Labute approximate surface area is 323 Å². The summed E-state index contributed by atoms with van der Waals surface area (Å²) in [6, 6.07) is -2.28. The normalized spacial score (nSPS) is 14.3. The van der Waals surface area contributed by atoms with Crippen LogP contribution >= 0.6 is 0 Å². The molecule has 19 nitrogen and oxygen atoms in total. The molecule has 14 N–H and O–H groups in total. The van der Waals surface area contributed by atoms with Crippen molar-refractivity contribution in [2.45, 2.75) is 117 Å². The predicted molar refractivity (Wildman–Crippen MR) is 206 cm³/mol. The van der Waals surface area contributed by atoms with E-state index in [9.17, 15) is 33.6 Å². The fraction of sp³-hybridized carbons (Fsp3) is 0.667. The number of nitrogens with zero attached hydrogens (tertiary/aromatic N) is 1. The Kier molecular flexibility index (Phi) is 21.7. The van der Waals surface area contributed by atoms with Crippen molar-refractivity contribution in [3.63, 3.8) is 0 Å². The second-order valence-corrected chi connectivity index (χ2v) is 14.4. The second-order valence-electron chi connectivity index (χ2n) is 14.4. The highest BCUT2D eigenvalue weighted by Crippen LogP contribution is 2.12. The first-order valence-electron chi connectivity index (χ1n) is 18.8. The van der Waals surface area contributed by atoms with Crippen molar-refractivity contribution in [2.24, 2.45) is 45.7 Å². The lowest BCUT2D eigenvalue weighted by Gasteiger charge is -2.27. The van der Waals surface area contributed by atoms with E-state index in [0.717, 1.165) is 0 Å². The standard InChI is InChI=1S/C36H63N11O8/c1-7-22(6)29(47-33(52)26(18-21(4)5)46-34(53)27-13-10-16-55-27)35(54)42-19-28(48)43-24(12-9-15-41-36(39)40)31(50)45-25(17-20(2)3)32(51)44-23(30(38)49)11-8-14-37/h10,13,16,20-26,29H,7-9,11-12,14-15,17-19,37H2,1-6H3,(H2,38,49)(H,42,54)(H,43,48)(H,44,51)(H,45,50)(H,46,53)(H,47,52)(H4,39,40,41)/t22-,23-,24+,25+,26-,29-/m0/s1. The molecule has 1 rings (SSSR count). The van der Waals surface area contributed by atoms with Crippen molar-refractivity contribution in [1.82, 2.24) is 31.9 Å². The van der Waals surface area contributed by atoms with Gasteiger partial charge in [-0.1, -0.05) is 48.0 Å². The van der Waals surface area contributed by atoms with E-state index in [-0.39, 0.29) is 74.7 Å². The molecule has 0 bridgehead atoms. The number of nitrogens with one attached hydrogen (secondary N) is 6. The van der Waals surface area contributed by atoms with E-state index in [1.165, 1.54) is 12.3 Å². The fourth-order valence-electron chi connectivity index (χ4n) is 5.45. The highest BCUT2D eigenvalue weighted by molar-refractivity contribution is 5.98. The fourth-order valence-corrected chi connectivity index (χ4v) is 5.45. The number of carbonyl (C=O) groups excluding carboxylic acids is 7. The first-order chi connectivity index (χ1) is 25.9. The van der Waals surface area contributed by atoms with Crippen molar-refractivity contribution in [3.8, 4) is 0 Å². The molecule has 1 aromatic rings. The minimum atomic E-state index is -1.18. The second kappa shape index (κ2) is 25.0. The lowest BCUT2D eigenvalue weighted by Crippen LogP contribution is -2.58. The maximum atomic E-state index is 13.6. The van der Waals surface area contributed by atoms with Crippen LogP contribution in [0.3, 0.4) is 0 Å². The lowest BCUT2D eigenvalue weighted by atomic mass is 9.96. The van der Waals surface area contributed by atoms with Gasteiger partial charge in [-0.2, -0.15) is 0 Å². The number of carbonyl (C=O) groups is 7. The van der Waals surface area contributed by atoms with Crippen LogP contribution in [0.5, 0.6) is 0 Å². The topological polar surface area (TPSA) is 321 Å². The highest BCUT2D eigenvalue weighted by atomic mass is 16.3. The van der Waals surface area contributed by atoms with Crippen LogP contribution in [0.25, 0.3) is 0 Å². The maximum absolute atomic E-state index is 13.6. The number of nitrogens with two attached hydrogens (primary N) is 4. The van der Waals surface area contributed by atoms with Gasteiger partial charge in [0, 0.05) is 6.54 Å². The molecule has 55 heavy (non-hydrogen) atoms. The van der Waals surface area contributed by atoms with Gasteiger partial charge >= 0.3 is 0 Å². The molecule has 0 aliphatic carbocycles. The average Bonchev–Trinajstić information content (AvgIpc) is 3.66. The monoisotopic (exact) mass is 777 g/mol. The van der Waals surface area contributed by atoms with Crippen LogP contribution in [0.2, 0.25) is 0 Å². The third kappa shape index (κ3) is 18.6. The Balaban J connectivity index is 3.12. The van der Waals surface area contributed by atoms with Gasteiger partial charge < -0.3 is 59.3 Å². The number of amides is 7. The molecule has 0 saturated carbocycles. The minimum Gasteiger partial charge on any atom is -0.459 e. The number of furan rings is 1. The molecule has 0 saturated heterocycles. The molecule has 0 aliphatic rings. The smallest absolute Gasteiger partial charge is 0.287 e. The molecule has 0 aliphatic heterocycles. The summed E-state index contributed by atoms with van der Waals surface area (Å²) in [5, 5.41) is 15.8. The van der Waals surface area contributed by atoms with Crippen molar-refractivity contribution in [2.75, 3.05) is 19.6 Å². The van der Waals surface area contributed by atoms with E-state index in [0.29, 0.717) is 12.8 Å². The predicted octanol–water partition coefficient (Wildman–Crippen LogP) is -1.15. The number of guanidine groups is 1. The quantitative estimate of drug-likeness (QED) is 0.0304. The van der Waals surface area contributed by atoms with Crippen molar-refractivity contribution >= 4 is 47.3 Å². The summed E-state index contributed by atoms with van der Waals surface area (Å²) in [4.78, 5) is 95.6. The molecule has 1 heterocycles. The minimum absolute atomic E-state index is 0.0141. The van der Waals surface area contributed by atoms with Crippen LogP contribution < -0.4 is 54.8 Å². The molecule has 19 heteroatoms. The molecule has 310 valence electrons. The van der Waals surface area contributed by atoms with Gasteiger partial charge in [0.1, 0.15) is 30.2 Å². The summed E-state index contributed by atoms with van der Waals surface area (Å²) in [6.07, 6.45) is 3.30. The third-order valence-corrected chi connectivity index (χ3v) is 8.58. The van der Waals surface area contributed by atoms with Crippen LogP contribution in [0, 0.1) is 17.8 Å². The van der Waals surface area contributed by atoms with Crippen LogP contribution in [0.15, 0.2) is 27.8 Å². The highest BCUT2D eigenvalue weighted by Gasteiger charge is 2.32. The number of hydrogen-bond donors (Lipinski definition) is 10. The van der Waals surface area contributed by atoms with Gasteiger partial charge in [-0.25, -0.2) is 0 Å². The molecule has 1 aromatic heterocycles. The SMILES string of the molecule is CC[C@H](C)[C@H](NC(=O)[C@H](CC(C)C)NC(=O)c1ccco1)C(=O)NCC(=O)N[C@H](CCCN=C(N)N)C(=O)N[C@H](CC(C)C)C(=O)N[C@@H](CCCN)C(N)=O. The maximum Gasteiger partial charge on any atom is 0.287 e. The first kappa shape index (κ1) is 47.8. The van der Waals surface area contributed by atoms with Crippen LogP contribution in [-0.2, 0) is 28.8 Å². The number of hydrogen-bond acceptors (Lipinski definition) is 10. The van der Waals surface area contributed by atoms with Crippen LogP contribution in [0.1, 0.15) is 97.0 Å². The van der Waals surface area contributed by atoms with Crippen molar-refractivity contribution in [1.29, 1.82) is 0 Å². The van der Waals surface area contributed by atoms with E-state index < -0.39 is 78.1 Å². The van der Waals surface area contributed by atoms with Gasteiger partial charge in [-0.3, -0.25) is 38.6 Å². The van der Waals surface area contributed by atoms with Gasteiger partial charge in [0.15, 0.2) is 11.7 Å². The molecular weight excluding hydrogens is 714 g/mol. The van der Waals surface area contributed by atoms with Gasteiger partial charge in [-0.05, 0) is 75.0 Å². The van der Waals surface area contributed by atoms with E-state index >= 15 is 0 Å². The number of aliphatic imine (C=N–C) groups is 1. The van der Waals surface area contributed by atoms with Gasteiger partial charge in [0.2, 0.25) is 35.4 Å². The summed E-state index contributed by atoms with van der Waals surface area (Å²) in [5.41, 5.74) is 21.9. The molecule has 6 atom stereocenters. The molecule has 0 fully saturated rings. The summed E-state index contributed by atoms with van der Waals surface area (Å²) in [6.45, 7) is 10.9. The van der Waals surface area contributed by atoms with Gasteiger partial charge in [0.25, 0.3) is 5.91 Å². The van der Waals surface area contributed by atoms with Crippen LogP contribution in [0.4, 0.5) is 0 Å². The Bertz CT molecular complexity index is 1430. The summed E-state index contributed by atoms with van der Waals surface area (Å²) >= 11 is 0. The van der Waals surface area contributed by atoms with Gasteiger partial charge in [0.05, 0.1) is 12.8 Å². The zero-order chi connectivity index (χ0) is 41.7. The van der Waals surface area contributed by atoms with E-state index in [2.05, 4.69) is 36.9 Å². The Morgan fingerprint density at radius 1 is 0.727 bits per heavy atom. The molecule has 0 unspecified atom stereocenters.